The lowest BCUT2D eigenvalue weighted by molar-refractivity contribution is -0.133. The third-order valence-corrected chi connectivity index (χ3v) is 3.60. The van der Waals surface area contributed by atoms with Gasteiger partial charge in [-0.15, -0.1) is 10.2 Å². The van der Waals surface area contributed by atoms with Crippen LogP contribution in [-0.2, 0) is 11.3 Å². The lowest BCUT2D eigenvalue weighted by atomic mass is 10.4. The monoisotopic (exact) mass is 285 g/mol. The number of carbonyl (C=O) groups is 2. The van der Waals surface area contributed by atoms with E-state index in [1.807, 2.05) is 4.57 Å². The number of aromatic nitrogens is 3. The van der Waals surface area contributed by atoms with E-state index in [0.29, 0.717) is 24.2 Å². The van der Waals surface area contributed by atoms with Gasteiger partial charge in [0.2, 0.25) is 0 Å². The number of carbonyl (C=O) groups excluding carboxylic acids is 1. The van der Waals surface area contributed by atoms with Crippen LogP contribution in [0.4, 0.5) is 4.79 Å². The van der Waals surface area contributed by atoms with Crippen LogP contribution in [0.3, 0.4) is 0 Å². The lowest BCUT2D eigenvalue weighted by Crippen LogP contribution is -2.32. The van der Waals surface area contributed by atoms with E-state index in [4.69, 9.17) is 10.8 Å². The van der Waals surface area contributed by atoms with E-state index in [1.54, 1.807) is 0 Å². The largest absolute Gasteiger partial charge is 0.481 e. The molecular weight excluding hydrogens is 270 g/mol. The number of thioether (sulfide) groups is 1. The zero-order valence-corrected chi connectivity index (χ0v) is 11.0. The maximum absolute atomic E-state index is 10.6. The van der Waals surface area contributed by atoms with Crippen molar-refractivity contribution in [3.63, 3.8) is 0 Å². The third kappa shape index (κ3) is 3.85. The molecule has 0 aliphatic heterocycles. The van der Waals surface area contributed by atoms with Crippen molar-refractivity contribution in [2.45, 2.75) is 30.5 Å². The lowest BCUT2D eigenvalue weighted by Gasteiger charge is -2.09. The van der Waals surface area contributed by atoms with Gasteiger partial charge in [-0.3, -0.25) is 4.79 Å². The van der Waals surface area contributed by atoms with Gasteiger partial charge in [0, 0.05) is 19.0 Å². The molecule has 2 rings (SSSR count). The van der Waals surface area contributed by atoms with Crippen molar-refractivity contribution in [1.29, 1.82) is 0 Å². The van der Waals surface area contributed by atoms with E-state index < -0.39 is 12.0 Å². The first-order chi connectivity index (χ1) is 9.08. The van der Waals surface area contributed by atoms with Gasteiger partial charge >= 0.3 is 12.0 Å². The second-order valence-corrected chi connectivity index (χ2v) is 5.18. The first-order valence-electron chi connectivity index (χ1n) is 5.89. The molecule has 1 aliphatic carbocycles. The molecule has 1 saturated carbocycles. The molecule has 0 spiro atoms. The molecule has 1 aromatic heterocycles. The highest BCUT2D eigenvalue weighted by atomic mass is 32.2. The Kier molecular flexibility index (Phi) is 4.25. The van der Waals surface area contributed by atoms with Crippen molar-refractivity contribution in [3.05, 3.63) is 5.82 Å². The van der Waals surface area contributed by atoms with Gasteiger partial charge in [0.1, 0.15) is 5.82 Å². The van der Waals surface area contributed by atoms with Gasteiger partial charge in [0.15, 0.2) is 5.16 Å². The van der Waals surface area contributed by atoms with Gasteiger partial charge in [0.25, 0.3) is 0 Å². The number of urea groups is 1. The zero-order valence-electron chi connectivity index (χ0n) is 10.2. The molecule has 1 heterocycles. The average molecular weight is 285 g/mol. The van der Waals surface area contributed by atoms with Crippen LogP contribution in [0.2, 0.25) is 0 Å². The number of nitrogens with one attached hydrogen (secondary N) is 1. The summed E-state index contributed by atoms with van der Waals surface area (Å²) in [5.41, 5.74) is 5.01. The highest BCUT2D eigenvalue weighted by molar-refractivity contribution is 7.99. The van der Waals surface area contributed by atoms with E-state index >= 15 is 0 Å². The summed E-state index contributed by atoms with van der Waals surface area (Å²) in [6.45, 7) is 0.859. The van der Waals surface area contributed by atoms with Gasteiger partial charge in [0.05, 0.1) is 5.75 Å². The molecule has 0 saturated heterocycles. The summed E-state index contributed by atoms with van der Waals surface area (Å²) in [5.74, 6) is 0.300. The molecule has 2 amide bonds. The number of primary amides is 1. The molecule has 1 fully saturated rings. The summed E-state index contributed by atoms with van der Waals surface area (Å²) in [7, 11) is 0. The minimum Gasteiger partial charge on any atom is -0.481 e. The first-order valence-corrected chi connectivity index (χ1v) is 6.87. The number of nitrogens with two attached hydrogens (primary N) is 1. The zero-order chi connectivity index (χ0) is 13.8. The van der Waals surface area contributed by atoms with Crippen molar-refractivity contribution >= 4 is 23.8 Å². The number of hydrogen-bond donors (Lipinski definition) is 3. The minimum atomic E-state index is -0.900. The van der Waals surface area contributed by atoms with Gasteiger partial charge in [-0.2, -0.15) is 0 Å². The molecule has 1 aliphatic rings. The van der Waals surface area contributed by atoms with Crippen molar-refractivity contribution in [2.24, 2.45) is 5.73 Å². The van der Waals surface area contributed by atoms with Crippen LogP contribution < -0.4 is 11.1 Å². The summed E-state index contributed by atoms with van der Waals surface area (Å²) in [6, 6.07) is -0.583. The quantitative estimate of drug-likeness (QED) is 0.606. The highest BCUT2D eigenvalue weighted by Gasteiger charge is 2.30. The van der Waals surface area contributed by atoms with E-state index in [-0.39, 0.29) is 5.75 Å². The van der Waals surface area contributed by atoms with Crippen LogP contribution in [0.1, 0.15) is 24.6 Å². The van der Waals surface area contributed by atoms with E-state index in [1.165, 1.54) is 0 Å². The Balaban J connectivity index is 2.04. The van der Waals surface area contributed by atoms with Crippen LogP contribution in [0.5, 0.6) is 0 Å². The molecule has 0 unspecified atom stereocenters. The molecule has 0 aromatic carbocycles. The fraction of sp³-hybridized carbons (Fsp3) is 0.600. The predicted molar refractivity (Wildman–Crippen MR) is 67.9 cm³/mol. The normalized spacial score (nSPS) is 14.3. The fourth-order valence-electron chi connectivity index (χ4n) is 1.68. The van der Waals surface area contributed by atoms with Gasteiger partial charge < -0.3 is 20.7 Å². The standard InChI is InChI=1S/C10H15N5O3S/c11-9(18)12-3-4-15-8(6-1-2-6)13-14-10(15)19-5-7(16)17/h6H,1-5H2,(H,16,17)(H3,11,12,18). The molecule has 8 nitrogen and oxygen atoms in total. The van der Waals surface area contributed by atoms with Crippen LogP contribution in [-0.4, -0.2) is 44.2 Å². The molecule has 9 heteroatoms. The fourth-order valence-corrected chi connectivity index (χ4v) is 2.37. The first kappa shape index (κ1) is 13.7. The predicted octanol–water partition coefficient (Wildman–Crippen LogP) is 0.000500. The van der Waals surface area contributed by atoms with Gasteiger partial charge in [-0.25, -0.2) is 4.79 Å². The third-order valence-electron chi connectivity index (χ3n) is 2.65. The van der Waals surface area contributed by atoms with Crippen molar-refractivity contribution in [1.82, 2.24) is 20.1 Å². The molecule has 0 atom stereocenters. The molecule has 0 radical (unpaired) electrons. The Morgan fingerprint density at radius 2 is 2.21 bits per heavy atom. The SMILES string of the molecule is NC(=O)NCCn1c(SCC(=O)O)nnc1C1CC1. The Morgan fingerprint density at radius 1 is 1.47 bits per heavy atom. The highest BCUT2D eigenvalue weighted by Crippen LogP contribution is 2.39. The summed E-state index contributed by atoms with van der Waals surface area (Å²) < 4.78 is 1.86. The maximum Gasteiger partial charge on any atom is 0.313 e. The summed E-state index contributed by atoms with van der Waals surface area (Å²) in [4.78, 5) is 21.2. The van der Waals surface area contributed by atoms with E-state index in [2.05, 4.69) is 15.5 Å². The Morgan fingerprint density at radius 3 is 2.79 bits per heavy atom. The van der Waals surface area contributed by atoms with Crippen LogP contribution in [0, 0.1) is 0 Å². The number of hydrogen-bond acceptors (Lipinski definition) is 5. The number of rotatable bonds is 7. The van der Waals surface area contributed by atoms with Gasteiger partial charge in [-0.05, 0) is 12.8 Å². The average Bonchev–Trinajstić information content (AvgIpc) is 3.09. The van der Waals surface area contributed by atoms with Crippen molar-refractivity contribution < 1.29 is 14.7 Å². The summed E-state index contributed by atoms with van der Waals surface area (Å²) >= 11 is 1.13. The number of nitrogens with zero attached hydrogens (tertiary/aromatic N) is 3. The van der Waals surface area contributed by atoms with Crippen molar-refractivity contribution in [3.8, 4) is 0 Å². The maximum atomic E-state index is 10.6. The number of carboxylic acids is 1. The van der Waals surface area contributed by atoms with E-state index in [0.717, 1.165) is 30.4 Å². The van der Waals surface area contributed by atoms with E-state index in [9.17, 15) is 9.59 Å². The molecule has 4 N–H and O–H groups in total. The number of amides is 2. The molecule has 0 bridgehead atoms. The molecule has 104 valence electrons. The second-order valence-electron chi connectivity index (χ2n) is 4.24. The number of aliphatic carboxylic acids is 1. The molecule has 19 heavy (non-hydrogen) atoms. The molecule has 1 aromatic rings. The Bertz CT molecular complexity index is 486. The number of carboxylic acid groups (broad SMARTS) is 1. The van der Waals surface area contributed by atoms with Crippen LogP contribution >= 0.6 is 11.8 Å². The summed E-state index contributed by atoms with van der Waals surface area (Å²) in [5, 5.41) is 19.9. The minimum absolute atomic E-state index is 0.0634. The molecular formula is C10H15N5O3S. The van der Waals surface area contributed by atoms with Crippen LogP contribution in [0.15, 0.2) is 5.16 Å². The van der Waals surface area contributed by atoms with Gasteiger partial charge in [-0.1, -0.05) is 11.8 Å². The summed E-state index contributed by atoms with van der Waals surface area (Å²) in [6.07, 6.45) is 2.15. The second kappa shape index (κ2) is 5.91. The Labute approximate surface area is 113 Å². The van der Waals surface area contributed by atoms with Crippen molar-refractivity contribution in [2.75, 3.05) is 12.3 Å². The van der Waals surface area contributed by atoms with Crippen LogP contribution in [0.25, 0.3) is 0 Å². The smallest absolute Gasteiger partial charge is 0.313 e. The topological polar surface area (TPSA) is 123 Å². The Hall–Kier alpha value is -1.77.